The highest BCUT2D eigenvalue weighted by atomic mass is 16.5. The maximum absolute atomic E-state index is 4.65. The third-order valence-electron chi connectivity index (χ3n) is 3.35. The second kappa shape index (κ2) is 9.22. The minimum absolute atomic E-state index is 0. The lowest BCUT2D eigenvalue weighted by Crippen LogP contribution is -1.82. The fourth-order valence-corrected chi connectivity index (χ4v) is 2.18. The monoisotopic (exact) mass is 319 g/mol. The van der Waals surface area contributed by atoms with Gasteiger partial charge in [0.25, 0.3) is 0 Å². The smallest absolute Gasteiger partial charge is 0.169 e. The molecule has 2 heterocycles. The molecule has 0 amide bonds. The van der Waals surface area contributed by atoms with Crippen molar-refractivity contribution in [1.82, 2.24) is 11.1 Å². The van der Waals surface area contributed by atoms with Crippen LogP contribution in [-0.4, -0.2) is 24.5 Å². The summed E-state index contributed by atoms with van der Waals surface area (Å²) in [6, 6.07) is 22.6. The van der Waals surface area contributed by atoms with Gasteiger partial charge in [-0.05, 0) is 23.8 Å². The summed E-state index contributed by atoms with van der Waals surface area (Å²) in [6.07, 6.45) is 5.61. The van der Waals surface area contributed by atoms with Crippen molar-refractivity contribution >= 4 is 29.5 Å². The Labute approximate surface area is 142 Å². The van der Waals surface area contributed by atoms with Crippen LogP contribution in [0.15, 0.2) is 71.7 Å². The quantitative estimate of drug-likeness (QED) is 0.749. The molecule has 1 aromatic heterocycles. The third-order valence-corrected chi connectivity index (χ3v) is 3.35. The van der Waals surface area contributed by atoms with Crippen LogP contribution in [0.1, 0.15) is 11.3 Å². The molecule has 2 aromatic carbocycles. The Hall–Kier alpha value is -2.98. The van der Waals surface area contributed by atoms with Gasteiger partial charge in [0.05, 0.1) is 17.8 Å². The first-order chi connectivity index (χ1) is 11.4. The highest BCUT2D eigenvalue weighted by Gasteiger charge is 1.94. The highest BCUT2D eigenvalue weighted by molar-refractivity contribution is 5.80. The molecule has 1 aliphatic heterocycles. The van der Waals surface area contributed by atoms with Crippen molar-refractivity contribution in [3.8, 4) is 0 Å². The first-order valence-corrected chi connectivity index (χ1v) is 7.61. The van der Waals surface area contributed by atoms with Gasteiger partial charge in [-0.1, -0.05) is 60.7 Å². The maximum atomic E-state index is 4.65. The summed E-state index contributed by atoms with van der Waals surface area (Å²) >= 11 is 0. The first-order valence-electron chi connectivity index (χ1n) is 7.61. The van der Waals surface area contributed by atoms with Crippen molar-refractivity contribution < 1.29 is 4.74 Å². The Balaban J connectivity index is 0.000000300. The molecular weight excluding hydrogens is 298 g/mol. The first kappa shape index (κ1) is 17.4. The number of para-hydroxylation sites is 1. The zero-order valence-electron chi connectivity index (χ0n) is 13.5. The number of pyridine rings is 1. The van der Waals surface area contributed by atoms with E-state index in [-0.39, 0.29) is 6.15 Å². The van der Waals surface area contributed by atoms with Crippen LogP contribution >= 0.6 is 0 Å². The Morgan fingerprint density at radius 3 is 2.33 bits per heavy atom. The second-order valence-corrected chi connectivity index (χ2v) is 5.06. The van der Waals surface area contributed by atoms with Gasteiger partial charge in [0.1, 0.15) is 6.61 Å². The number of fused-ring (bicyclic) bond motifs is 1. The number of aliphatic imine (C=N–C) groups is 1. The van der Waals surface area contributed by atoms with Crippen molar-refractivity contribution in [3.05, 3.63) is 78.0 Å². The molecule has 0 atom stereocenters. The summed E-state index contributed by atoms with van der Waals surface area (Å²) in [4.78, 5) is 8.34. The van der Waals surface area contributed by atoms with E-state index < -0.39 is 0 Å². The SMILES string of the molecule is C(=Cc1ccc2ccccc2n1)c1ccccc1.C1=NCCO1.N. The predicted molar refractivity (Wildman–Crippen MR) is 101 cm³/mol. The van der Waals surface area contributed by atoms with Crippen LogP contribution in [0.3, 0.4) is 0 Å². The molecule has 4 rings (SSSR count). The molecule has 0 spiro atoms. The van der Waals surface area contributed by atoms with E-state index in [1.54, 1.807) is 0 Å². The van der Waals surface area contributed by atoms with Crippen LogP contribution in [0.4, 0.5) is 0 Å². The van der Waals surface area contributed by atoms with Crippen LogP contribution in [0.5, 0.6) is 0 Å². The van der Waals surface area contributed by atoms with Crippen LogP contribution < -0.4 is 6.15 Å². The molecule has 0 saturated carbocycles. The average molecular weight is 319 g/mol. The topological polar surface area (TPSA) is 69.5 Å². The largest absolute Gasteiger partial charge is 0.482 e. The van der Waals surface area contributed by atoms with Gasteiger partial charge in [-0.15, -0.1) is 0 Å². The highest BCUT2D eigenvalue weighted by Crippen LogP contribution is 2.13. The number of ether oxygens (including phenoxy) is 1. The van der Waals surface area contributed by atoms with Gasteiger partial charge in [-0.25, -0.2) is 4.98 Å². The molecule has 122 valence electrons. The average Bonchev–Trinajstić information content (AvgIpc) is 3.21. The maximum Gasteiger partial charge on any atom is 0.169 e. The Morgan fingerprint density at radius 2 is 1.62 bits per heavy atom. The van der Waals surface area contributed by atoms with Gasteiger partial charge in [0.2, 0.25) is 0 Å². The Morgan fingerprint density at radius 1 is 0.833 bits per heavy atom. The molecule has 24 heavy (non-hydrogen) atoms. The number of hydrogen-bond acceptors (Lipinski definition) is 4. The standard InChI is InChI=1S/C17H13N.C3H5NO.H3N/c1-2-6-14(7-3-1)10-12-16-13-11-15-8-4-5-9-17(15)18-16;1-2-5-3-4-1;/h1-13H;3H,1-2H2;1H3. The Bertz CT molecular complexity index is 807. The van der Waals surface area contributed by atoms with E-state index >= 15 is 0 Å². The zero-order valence-corrected chi connectivity index (χ0v) is 13.5. The van der Waals surface area contributed by atoms with Crippen LogP contribution in [0, 0.1) is 0 Å². The zero-order chi connectivity index (χ0) is 15.7. The van der Waals surface area contributed by atoms with E-state index in [9.17, 15) is 0 Å². The summed E-state index contributed by atoms with van der Waals surface area (Å²) in [5.74, 6) is 0. The fourth-order valence-electron chi connectivity index (χ4n) is 2.18. The fraction of sp³-hybridized carbons (Fsp3) is 0.100. The van der Waals surface area contributed by atoms with Gasteiger partial charge in [-0.3, -0.25) is 4.99 Å². The van der Waals surface area contributed by atoms with Crippen molar-refractivity contribution in [1.29, 1.82) is 0 Å². The minimum atomic E-state index is 0. The van der Waals surface area contributed by atoms with Gasteiger partial charge < -0.3 is 10.9 Å². The van der Waals surface area contributed by atoms with Gasteiger partial charge in [0.15, 0.2) is 6.40 Å². The van der Waals surface area contributed by atoms with Crippen molar-refractivity contribution in [2.75, 3.05) is 13.2 Å². The number of rotatable bonds is 2. The van der Waals surface area contributed by atoms with Crippen molar-refractivity contribution in [3.63, 3.8) is 0 Å². The normalized spacial score (nSPS) is 12.3. The summed E-state index contributed by atoms with van der Waals surface area (Å²) in [5.41, 5.74) is 3.21. The van der Waals surface area contributed by atoms with Crippen molar-refractivity contribution in [2.45, 2.75) is 0 Å². The van der Waals surface area contributed by atoms with E-state index in [0.29, 0.717) is 0 Å². The second-order valence-electron chi connectivity index (χ2n) is 5.06. The summed E-state index contributed by atoms with van der Waals surface area (Å²) in [6.45, 7) is 1.62. The van der Waals surface area contributed by atoms with Gasteiger partial charge in [-0.2, -0.15) is 0 Å². The lowest BCUT2D eigenvalue weighted by molar-refractivity contribution is 0.361. The molecule has 0 fully saturated rings. The molecule has 4 heteroatoms. The van der Waals surface area contributed by atoms with Crippen molar-refractivity contribution in [2.24, 2.45) is 4.99 Å². The molecule has 0 bridgehead atoms. The Kier molecular flexibility index (Phi) is 6.68. The molecule has 1 aliphatic rings. The number of nitrogens with zero attached hydrogens (tertiary/aromatic N) is 2. The summed E-state index contributed by atoms with van der Waals surface area (Å²) in [7, 11) is 0. The molecule has 0 aliphatic carbocycles. The molecule has 0 unspecified atom stereocenters. The van der Waals surface area contributed by atoms with E-state index in [1.807, 2.05) is 48.5 Å². The lowest BCUT2D eigenvalue weighted by Gasteiger charge is -1.98. The number of hydrogen-bond donors (Lipinski definition) is 1. The molecule has 3 aromatic rings. The van der Waals surface area contributed by atoms with E-state index in [1.165, 1.54) is 17.4 Å². The molecule has 3 N–H and O–H groups in total. The van der Waals surface area contributed by atoms with E-state index in [0.717, 1.165) is 24.4 Å². The molecule has 0 radical (unpaired) electrons. The van der Waals surface area contributed by atoms with Gasteiger partial charge >= 0.3 is 0 Å². The third kappa shape index (κ3) is 5.04. The molecule has 4 nitrogen and oxygen atoms in total. The van der Waals surface area contributed by atoms with Crippen LogP contribution in [0.2, 0.25) is 0 Å². The number of benzene rings is 2. The minimum Gasteiger partial charge on any atom is -0.482 e. The lowest BCUT2D eigenvalue weighted by atomic mass is 10.1. The van der Waals surface area contributed by atoms with E-state index in [2.05, 4.69) is 45.1 Å². The number of aromatic nitrogens is 1. The summed E-state index contributed by atoms with van der Waals surface area (Å²) in [5, 5.41) is 1.18. The van der Waals surface area contributed by atoms with E-state index in [4.69, 9.17) is 0 Å². The van der Waals surface area contributed by atoms with Crippen LogP contribution in [0.25, 0.3) is 23.1 Å². The van der Waals surface area contributed by atoms with Gasteiger partial charge in [0, 0.05) is 5.39 Å². The molecule has 0 saturated heterocycles. The predicted octanol–water partition coefficient (Wildman–Crippen LogP) is 4.61. The molecular formula is C20H21N3O. The summed E-state index contributed by atoms with van der Waals surface area (Å²) < 4.78 is 4.65. The van der Waals surface area contributed by atoms with Crippen LogP contribution in [-0.2, 0) is 4.74 Å².